The van der Waals surface area contributed by atoms with Crippen molar-refractivity contribution in [3.05, 3.63) is 46.9 Å². The first-order valence-electron chi connectivity index (χ1n) is 6.47. The molecule has 0 unspecified atom stereocenters. The van der Waals surface area contributed by atoms with Crippen LogP contribution in [0.3, 0.4) is 0 Å². The summed E-state index contributed by atoms with van der Waals surface area (Å²) in [6, 6.07) is 6.37. The number of amides is 1. The Balaban J connectivity index is 2.11. The summed E-state index contributed by atoms with van der Waals surface area (Å²) >= 11 is 0. The molecule has 98 valence electrons. The highest BCUT2D eigenvalue weighted by Crippen LogP contribution is 2.38. The number of Topliss-reactive ketones (excluding diaryl/α,β-unsaturated/α-hetero) is 1. The SMILES string of the molecule is O=C1C[C@@H](c2ccccc2F)C2=C(CCCC2=O)N1. The summed E-state index contributed by atoms with van der Waals surface area (Å²) < 4.78 is 13.9. The van der Waals surface area contributed by atoms with E-state index < -0.39 is 5.92 Å². The standard InChI is InChI=1S/C15H14FNO2/c16-11-5-2-1-4-9(11)10-8-14(19)17-12-6-3-7-13(18)15(10)12/h1-2,4-5,10H,3,6-8H2,(H,17,19)/t10-/m0/s1. The van der Waals surface area contributed by atoms with Crippen molar-refractivity contribution in [2.45, 2.75) is 31.6 Å². The minimum atomic E-state index is -0.433. The summed E-state index contributed by atoms with van der Waals surface area (Å²) in [5.74, 6) is -0.888. The number of carbonyl (C=O) groups is 2. The van der Waals surface area contributed by atoms with Gasteiger partial charge in [-0.1, -0.05) is 18.2 Å². The molecular weight excluding hydrogens is 245 g/mol. The van der Waals surface area contributed by atoms with E-state index >= 15 is 0 Å². The van der Waals surface area contributed by atoms with E-state index in [1.54, 1.807) is 18.2 Å². The summed E-state index contributed by atoms with van der Waals surface area (Å²) in [6.45, 7) is 0. The molecule has 0 spiro atoms. The van der Waals surface area contributed by atoms with Crippen molar-refractivity contribution in [1.29, 1.82) is 0 Å². The van der Waals surface area contributed by atoms with Gasteiger partial charge >= 0.3 is 0 Å². The maximum absolute atomic E-state index is 13.9. The molecule has 0 bridgehead atoms. The third kappa shape index (κ3) is 2.07. The van der Waals surface area contributed by atoms with Gasteiger partial charge in [-0.25, -0.2) is 4.39 Å². The largest absolute Gasteiger partial charge is 0.329 e. The smallest absolute Gasteiger partial charge is 0.225 e. The molecular formula is C15H14FNO2. The first-order valence-corrected chi connectivity index (χ1v) is 6.47. The fourth-order valence-electron chi connectivity index (χ4n) is 2.93. The van der Waals surface area contributed by atoms with Crippen molar-refractivity contribution in [3.8, 4) is 0 Å². The summed E-state index contributed by atoms with van der Waals surface area (Å²) in [5, 5.41) is 2.77. The zero-order chi connectivity index (χ0) is 13.4. The van der Waals surface area contributed by atoms with Crippen LogP contribution in [0.15, 0.2) is 35.5 Å². The molecule has 1 atom stereocenters. The first-order chi connectivity index (χ1) is 9.16. The number of ketones is 1. The van der Waals surface area contributed by atoms with E-state index in [9.17, 15) is 14.0 Å². The van der Waals surface area contributed by atoms with Crippen LogP contribution in [-0.2, 0) is 9.59 Å². The molecule has 1 aromatic carbocycles. The van der Waals surface area contributed by atoms with Crippen LogP contribution >= 0.6 is 0 Å². The molecule has 1 N–H and O–H groups in total. The average Bonchev–Trinajstić information content (AvgIpc) is 2.38. The summed E-state index contributed by atoms with van der Waals surface area (Å²) in [4.78, 5) is 23.8. The summed E-state index contributed by atoms with van der Waals surface area (Å²) in [6.07, 6.45) is 2.07. The van der Waals surface area contributed by atoms with Crippen molar-refractivity contribution in [2.75, 3.05) is 0 Å². The Labute approximate surface area is 110 Å². The number of carbonyl (C=O) groups excluding carboxylic acids is 2. The van der Waals surface area contributed by atoms with E-state index in [1.165, 1.54) is 6.07 Å². The van der Waals surface area contributed by atoms with E-state index in [-0.39, 0.29) is 23.9 Å². The Morgan fingerprint density at radius 2 is 1.95 bits per heavy atom. The Morgan fingerprint density at radius 1 is 1.16 bits per heavy atom. The van der Waals surface area contributed by atoms with Crippen LogP contribution in [0.25, 0.3) is 0 Å². The Morgan fingerprint density at radius 3 is 2.74 bits per heavy atom. The second-order valence-corrected chi connectivity index (χ2v) is 5.00. The van der Waals surface area contributed by atoms with Crippen molar-refractivity contribution in [2.24, 2.45) is 0 Å². The molecule has 1 heterocycles. The quantitative estimate of drug-likeness (QED) is 0.842. The van der Waals surface area contributed by atoms with Gasteiger partial charge < -0.3 is 5.32 Å². The number of hydrogen-bond acceptors (Lipinski definition) is 2. The number of rotatable bonds is 1. The van der Waals surface area contributed by atoms with E-state index in [0.717, 1.165) is 6.42 Å². The highest BCUT2D eigenvalue weighted by Gasteiger charge is 2.35. The molecule has 1 amide bonds. The van der Waals surface area contributed by atoms with Crippen LogP contribution in [0.4, 0.5) is 4.39 Å². The Hall–Kier alpha value is -1.97. The van der Waals surface area contributed by atoms with Crippen molar-refractivity contribution in [3.63, 3.8) is 0 Å². The predicted molar refractivity (Wildman–Crippen MR) is 67.8 cm³/mol. The molecule has 1 aliphatic carbocycles. The average molecular weight is 259 g/mol. The van der Waals surface area contributed by atoms with Gasteiger partial charge in [-0.05, 0) is 24.5 Å². The van der Waals surface area contributed by atoms with Crippen LogP contribution < -0.4 is 5.32 Å². The van der Waals surface area contributed by atoms with Crippen molar-refractivity contribution < 1.29 is 14.0 Å². The normalized spacial score (nSPS) is 23.1. The van der Waals surface area contributed by atoms with Gasteiger partial charge in [0.15, 0.2) is 5.78 Å². The molecule has 0 aromatic heterocycles. The van der Waals surface area contributed by atoms with Gasteiger partial charge in [-0.2, -0.15) is 0 Å². The van der Waals surface area contributed by atoms with E-state index in [2.05, 4.69) is 5.32 Å². The molecule has 0 saturated carbocycles. The molecule has 3 rings (SSSR count). The lowest BCUT2D eigenvalue weighted by atomic mass is 9.78. The van der Waals surface area contributed by atoms with Crippen LogP contribution in [0, 0.1) is 5.82 Å². The molecule has 1 aromatic rings. The lowest BCUT2D eigenvalue weighted by Gasteiger charge is -2.31. The Bertz CT molecular complexity index is 592. The number of allylic oxidation sites excluding steroid dienone is 2. The fraction of sp³-hybridized carbons (Fsp3) is 0.333. The van der Waals surface area contributed by atoms with Gasteiger partial charge in [0.05, 0.1) is 0 Å². The number of halogens is 1. The number of nitrogens with one attached hydrogen (secondary N) is 1. The summed E-state index contributed by atoms with van der Waals surface area (Å²) in [7, 11) is 0. The van der Waals surface area contributed by atoms with Crippen molar-refractivity contribution >= 4 is 11.7 Å². The molecule has 1 aliphatic heterocycles. The molecule has 0 saturated heterocycles. The van der Waals surface area contributed by atoms with Gasteiger partial charge in [0.1, 0.15) is 5.82 Å². The zero-order valence-corrected chi connectivity index (χ0v) is 10.4. The van der Waals surface area contributed by atoms with E-state index in [4.69, 9.17) is 0 Å². The monoisotopic (exact) mass is 259 g/mol. The summed E-state index contributed by atoms with van der Waals surface area (Å²) in [5.41, 5.74) is 1.75. The Kier molecular flexibility index (Phi) is 2.93. The van der Waals surface area contributed by atoms with E-state index in [0.29, 0.717) is 29.7 Å². The predicted octanol–water partition coefficient (Wildman–Crippen LogP) is 2.44. The number of hydrogen-bond donors (Lipinski definition) is 1. The third-order valence-corrected chi connectivity index (χ3v) is 3.77. The zero-order valence-electron chi connectivity index (χ0n) is 10.4. The minimum Gasteiger partial charge on any atom is -0.329 e. The first kappa shape index (κ1) is 12.1. The van der Waals surface area contributed by atoms with Gasteiger partial charge in [-0.3, -0.25) is 9.59 Å². The molecule has 19 heavy (non-hydrogen) atoms. The lowest BCUT2D eigenvalue weighted by molar-refractivity contribution is -0.122. The second kappa shape index (κ2) is 4.61. The van der Waals surface area contributed by atoms with Gasteiger partial charge in [0.2, 0.25) is 5.91 Å². The van der Waals surface area contributed by atoms with E-state index in [1.807, 2.05) is 0 Å². The highest BCUT2D eigenvalue weighted by molar-refractivity contribution is 6.01. The van der Waals surface area contributed by atoms with Crippen LogP contribution in [0.5, 0.6) is 0 Å². The second-order valence-electron chi connectivity index (χ2n) is 5.00. The maximum Gasteiger partial charge on any atom is 0.225 e. The van der Waals surface area contributed by atoms with Gasteiger partial charge in [0, 0.05) is 30.0 Å². The highest BCUT2D eigenvalue weighted by atomic mass is 19.1. The fourth-order valence-corrected chi connectivity index (χ4v) is 2.93. The van der Waals surface area contributed by atoms with Gasteiger partial charge in [-0.15, -0.1) is 0 Å². The van der Waals surface area contributed by atoms with Crippen LogP contribution in [0.1, 0.15) is 37.2 Å². The topological polar surface area (TPSA) is 46.2 Å². The minimum absolute atomic E-state index is 0.0366. The molecule has 0 fully saturated rings. The lowest BCUT2D eigenvalue weighted by Crippen LogP contribution is -2.36. The molecule has 3 nitrogen and oxygen atoms in total. The third-order valence-electron chi connectivity index (χ3n) is 3.77. The molecule has 2 aliphatic rings. The number of benzene rings is 1. The van der Waals surface area contributed by atoms with Crippen molar-refractivity contribution in [1.82, 2.24) is 5.32 Å². The van der Waals surface area contributed by atoms with Crippen LogP contribution in [0.2, 0.25) is 0 Å². The maximum atomic E-state index is 13.9. The molecule has 0 radical (unpaired) electrons. The molecule has 4 heteroatoms. The van der Waals surface area contributed by atoms with Gasteiger partial charge in [0.25, 0.3) is 0 Å². The van der Waals surface area contributed by atoms with Crippen LogP contribution in [-0.4, -0.2) is 11.7 Å².